The van der Waals surface area contributed by atoms with Crippen LogP contribution in [0.1, 0.15) is 50.7 Å². The molecule has 0 radical (unpaired) electrons. The summed E-state index contributed by atoms with van der Waals surface area (Å²) >= 11 is 12.7. The molecular formula is C23H24Cl2N2O3S. The molecule has 0 aromatic heterocycles. The summed E-state index contributed by atoms with van der Waals surface area (Å²) < 4.78 is 27.7. The van der Waals surface area contributed by atoms with Crippen molar-refractivity contribution < 1.29 is 13.2 Å². The first-order valence-electron chi connectivity index (χ1n) is 9.85. The molecule has 0 aliphatic carbocycles. The molecule has 0 aliphatic rings. The van der Waals surface area contributed by atoms with Crippen LogP contribution in [0.2, 0.25) is 10.0 Å². The molecule has 0 saturated heterocycles. The van der Waals surface area contributed by atoms with Crippen LogP contribution in [0.25, 0.3) is 10.8 Å². The highest BCUT2D eigenvalue weighted by Crippen LogP contribution is 2.41. The van der Waals surface area contributed by atoms with Crippen molar-refractivity contribution in [2.75, 3.05) is 5.32 Å². The van der Waals surface area contributed by atoms with Gasteiger partial charge in [0.1, 0.15) is 0 Å². The molecule has 0 aliphatic heterocycles. The number of rotatable bonds is 5. The van der Waals surface area contributed by atoms with E-state index in [9.17, 15) is 13.2 Å². The lowest BCUT2D eigenvalue weighted by atomic mass is 9.92. The van der Waals surface area contributed by atoms with Gasteiger partial charge in [-0.3, -0.25) is 0 Å². The predicted molar refractivity (Wildman–Crippen MR) is 128 cm³/mol. The highest BCUT2D eigenvalue weighted by molar-refractivity contribution is 7.90. The van der Waals surface area contributed by atoms with Crippen molar-refractivity contribution in [1.82, 2.24) is 4.72 Å². The number of carbonyl (C=O) groups excluding carboxylic acids is 1. The summed E-state index contributed by atoms with van der Waals surface area (Å²) in [6.07, 6.45) is 0. The van der Waals surface area contributed by atoms with Crippen LogP contribution in [0.4, 0.5) is 10.5 Å². The third-order valence-corrected chi connectivity index (χ3v) is 7.11. The number of halogens is 2. The fourth-order valence-corrected chi connectivity index (χ4v) is 4.99. The van der Waals surface area contributed by atoms with Gasteiger partial charge >= 0.3 is 6.03 Å². The van der Waals surface area contributed by atoms with Gasteiger partial charge in [-0.25, -0.2) is 17.9 Å². The van der Waals surface area contributed by atoms with Gasteiger partial charge in [0.15, 0.2) is 0 Å². The second-order valence-electron chi connectivity index (χ2n) is 7.93. The highest BCUT2D eigenvalue weighted by atomic mass is 35.5. The molecule has 3 rings (SSSR count). The van der Waals surface area contributed by atoms with Crippen molar-refractivity contribution in [1.29, 1.82) is 0 Å². The van der Waals surface area contributed by atoms with E-state index in [0.717, 1.165) is 16.3 Å². The molecule has 0 spiro atoms. The lowest BCUT2D eigenvalue weighted by Crippen LogP contribution is -2.35. The number of sulfonamides is 1. The van der Waals surface area contributed by atoms with Crippen molar-refractivity contribution in [3.8, 4) is 0 Å². The van der Waals surface area contributed by atoms with E-state index in [1.165, 1.54) is 12.1 Å². The minimum atomic E-state index is -4.08. The number of hydrogen-bond acceptors (Lipinski definition) is 3. The number of carbonyl (C=O) groups is 1. The largest absolute Gasteiger partial charge is 0.333 e. The third kappa shape index (κ3) is 4.97. The molecule has 3 aromatic rings. The predicted octanol–water partition coefficient (Wildman–Crippen LogP) is 6.90. The van der Waals surface area contributed by atoms with Gasteiger partial charge in [0, 0.05) is 0 Å². The first-order valence-corrected chi connectivity index (χ1v) is 12.1. The summed E-state index contributed by atoms with van der Waals surface area (Å²) in [6, 6.07) is 12.9. The van der Waals surface area contributed by atoms with Crippen molar-refractivity contribution in [2.24, 2.45) is 0 Å². The maximum atomic E-state index is 12.8. The summed E-state index contributed by atoms with van der Waals surface area (Å²) in [7, 11) is -4.08. The van der Waals surface area contributed by atoms with Gasteiger partial charge in [0.2, 0.25) is 0 Å². The van der Waals surface area contributed by atoms with Crippen LogP contribution in [0.5, 0.6) is 0 Å². The zero-order chi connectivity index (χ0) is 22.9. The summed E-state index contributed by atoms with van der Waals surface area (Å²) in [4.78, 5) is 12.7. The van der Waals surface area contributed by atoms with Crippen LogP contribution in [0.15, 0.2) is 53.4 Å². The number of hydrogen-bond donors (Lipinski definition) is 2. The highest BCUT2D eigenvalue weighted by Gasteiger charge is 2.24. The van der Waals surface area contributed by atoms with Crippen LogP contribution in [-0.4, -0.2) is 14.4 Å². The Labute approximate surface area is 192 Å². The molecule has 0 bridgehead atoms. The van der Waals surface area contributed by atoms with Gasteiger partial charge in [0.05, 0.1) is 20.6 Å². The van der Waals surface area contributed by atoms with Gasteiger partial charge in [-0.1, -0.05) is 81.2 Å². The monoisotopic (exact) mass is 478 g/mol. The van der Waals surface area contributed by atoms with Gasteiger partial charge in [-0.2, -0.15) is 0 Å². The fraction of sp³-hybridized carbons (Fsp3) is 0.261. The summed E-state index contributed by atoms with van der Waals surface area (Å²) in [5.74, 6) is -0.0178. The SMILES string of the molecule is CC(C)c1cc(Cl)c(Cl)c(C(C)C)c1NC(=O)NS(=O)(=O)c1ccc2ccccc2c1. The molecule has 8 heteroatoms. The van der Waals surface area contributed by atoms with Crippen molar-refractivity contribution >= 4 is 55.7 Å². The van der Waals surface area contributed by atoms with Crippen molar-refractivity contribution in [3.63, 3.8) is 0 Å². The summed E-state index contributed by atoms with van der Waals surface area (Å²) in [5, 5.41) is 5.11. The Kier molecular flexibility index (Phi) is 6.84. The van der Waals surface area contributed by atoms with E-state index >= 15 is 0 Å². The lowest BCUT2D eigenvalue weighted by Gasteiger charge is -2.22. The second kappa shape index (κ2) is 9.07. The van der Waals surface area contributed by atoms with Crippen LogP contribution in [0, 0.1) is 0 Å². The molecular weight excluding hydrogens is 455 g/mol. The van der Waals surface area contributed by atoms with Gasteiger partial charge in [-0.15, -0.1) is 0 Å². The molecule has 2 N–H and O–H groups in total. The van der Waals surface area contributed by atoms with Crippen molar-refractivity contribution in [3.05, 3.63) is 69.7 Å². The Morgan fingerprint density at radius 2 is 1.55 bits per heavy atom. The number of urea groups is 1. The minimum Gasteiger partial charge on any atom is -0.307 e. The molecule has 3 aromatic carbocycles. The number of benzene rings is 3. The van der Waals surface area contributed by atoms with Crippen LogP contribution in [0.3, 0.4) is 0 Å². The molecule has 0 atom stereocenters. The Balaban J connectivity index is 1.95. The van der Waals surface area contributed by atoms with E-state index in [4.69, 9.17) is 23.2 Å². The van der Waals surface area contributed by atoms with Crippen LogP contribution in [-0.2, 0) is 10.0 Å². The van der Waals surface area contributed by atoms with Gasteiger partial charge in [0.25, 0.3) is 10.0 Å². The standard InChI is InChI=1S/C23H24Cl2N2O3S/c1-13(2)18-12-19(24)21(25)20(14(3)4)22(18)26-23(28)27-31(29,30)17-10-9-15-7-5-6-8-16(15)11-17/h5-14H,1-4H3,(H2,26,27,28). The van der Waals surface area contributed by atoms with Gasteiger partial charge in [-0.05, 0) is 51.9 Å². The molecule has 0 heterocycles. The quantitative estimate of drug-likeness (QED) is 0.418. The second-order valence-corrected chi connectivity index (χ2v) is 10.4. The summed E-state index contributed by atoms with van der Waals surface area (Å²) in [6.45, 7) is 7.77. The molecule has 2 amide bonds. The van der Waals surface area contributed by atoms with Gasteiger partial charge < -0.3 is 5.32 Å². The fourth-order valence-electron chi connectivity index (χ4n) is 3.46. The Morgan fingerprint density at radius 1 is 0.903 bits per heavy atom. The van der Waals surface area contributed by atoms with Crippen LogP contribution >= 0.6 is 23.2 Å². The minimum absolute atomic E-state index is 0.00338. The van der Waals surface area contributed by atoms with E-state index in [1.54, 1.807) is 12.1 Å². The smallest absolute Gasteiger partial charge is 0.307 e. The first kappa shape index (κ1) is 23.4. The number of anilines is 1. The third-order valence-electron chi connectivity index (χ3n) is 4.98. The average Bonchev–Trinajstić information content (AvgIpc) is 2.69. The maximum Gasteiger partial charge on any atom is 0.333 e. The topological polar surface area (TPSA) is 75.3 Å². The molecule has 0 saturated carbocycles. The number of nitrogens with one attached hydrogen (secondary N) is 2. The molecule has 31 heavy (non-hydrogen) atoms. The Hall–Kier alpha value is -2.28. The number of fused-ring (bicyclic) bond motifs is 1. The Bertz CT molecular complexity index is 1260. The molecule has 164 valence electrons. The van der Waals surface area contributed by atoms with E-state index in [-0.39, 0.29) is 16.7 Å². The van der Waals surface area contributed by atoms with E-state index in [1.807, 2.05) is 52.0 Å². The molecule has 0 fully saturated rings. The Morgan fingerprint density at radius 3 is 2.16 bits per heavy atom. The summed E-state index contributed by atoms with van der Waals surface area (Å²) in [5.41, 5.74) is 1.91. The normalized spacial score (nSPS) is 11.9. The molecule has 5 nitrogen and oxygen atoms in total. The zero-order valence-electron chi connectivity index (χ0n) is 17.7. The van der Waals surface area contributed by atoms with Crippen LogP contribution < -0.4 is 10.0 Å². The van der Waals surface area contributed by atoms with E-state index < -0.39 is 16.1 Å². The maximum absolute atomic E-state index is 12.8. The molecule has 0 unspecified atom stereocenters. The average molecular weight is 479 g/mol. The first-order chi connectivity index (χ1) is 14.5. The lowest BCUT2D eigenvalue weighted by molar-refractivity contribution is 0.256. The van der Waals surface area contributed by atoms with E-state index in [2.05, 4.69) is 10.0 Å². The zero-order valence-corrected chi connectivity index (χ0v) is 20.0. The van der Waals surface area contributed by atoms with Crippen molar-refractivity contribution in [2.45, 2.75) is 44.4 Å². The number of amides is 2. The van der Waals surface area contributed by atoms with E-state index in [0.29, 0.717) is 21.3 Å².